The molecule has 5 nitrogen and oxygen atoms in total. The Bertz CT molecular complexity index is 8240. The maximum atomic E-state index is 3.99. The number of fused-ring (bicyclic) bond motifs is 15. The molecular weight excluding hydrogens is 1720 g/mol. The molecule has 0 unspecified atom stereocenters. The molecule has 18 aromatic carbocycles. The van der Waals surface area contributed by atoms with Crippen LogP contribution in [0.5, 0.6) is 0 Å². The minimum Gasteiger partial charge on any atom is -0.341 e. The first kappa shape index (κ1) is 91.5. The van der Waals surface area contributed by atoms with Crippen LogP contribution in [0.2, 0.25) is 0 Å². The van der Waals surface area contributed by atoms with Crippen LogP contribution in [0.25, 0.3) is 230 Å². The molecule has 0 N–H and O–H groups in total. The fraction of sp³-hybridized carbons (Fsp3) is 0.109. The molecule has 0 aliphatic rings. The van der Waals surface area contributed by atoms with Crippen LogP contribution in [-0.2, 0) is 19.6 Å². The molecule has 23 aromatic rings. The summed E-state index contributed by atoms with van der Waals surface area (Å²) >= 11 is 0. The molecule has 0 saturated heterocycles. The largest absolute Gasteiger partial charge is 0.341 e. The van der Waals surface area contributed by atoms with Gasteiger partial charge in [0.05, 0.1) is 22.1 Å². The topological polar surface area (TPSA) is 24.6 Å². The third kappa shape index (κ3) is 18.2. The Labute approximate surface area is 834 Å². The van der Waals surface area contributed by atoms with E-state index in [1.54, 1.807) is 0 Å². The summed E-state index contributed by atoms with van der Waals surface area (Å²) in [6.07, 6.45) is 25.6. The Kier molecular flexibility index (Phi) is 26.5. The van der Waals surface area contributed by atoms with Gasteiger partial charge in [-0.15, -0.1) is 0 Å². The molecule has 142 heavy (non-hydrogen) atoms. The lowest BCUT2D eigenvalue weighted by Gasteiger charge is -2.21. The molecule has 5 heteroatoms. The van der Waals surface area contributed by atoms with Gasteiger partial charge < -0.3 is 22.8 Å². The molecule has 0 aliphatic carbocycles. The predicted molar refractivity (Wildman–Crippen MR) is 618 cm³/mol. The average molecular weight is 1830 g/mol. The number of nitrogens with zero attached hydrogens (tertiary/aromatic N) is 5. The van der Waals surface area contributed by atoms with Gasteiger partial charge in [-0.05, 0) is 270 Å². The highest BCUT2D eigenvalue weighted by Crippen LogP contribution is 2.45. The van der Waals surface area contributed by atoms with Crippen molar-refractivity contribution < 1.29 is 0 Å². The normalized spacial score (nSPS) is 11.6. The van der Waals surface area contributed by atoms with Crippen molar-refractivity contribution in [2.45, 2.75) is 97.7 Å². The zero-order valence-corrected chi connectivity index (χ0v) is 81.5. The van der Waals surface area contributed by atoms with Crippen LogP contribution < -0.4 is 0 Å². The first-order valence-corrected chi connectivity index (χ1v) is 50.4. The molecule has 5 heterocycles. The predicted octanol–water partition coefficient (Wildman–Crippen LogP) is 38.4. The van der Waals surface area contributed by atoms with Crippen LogP contribution in [0.3, 0.4) is 0 Å². The molecular formula is C137H117N5. The number of hydrogen-bond donors (Lipinski definition) is 0. The van der Waals surface area contributed by atoms with E-state index in [0.717, 1.165) is 58.7 Å². The molecule has 0 amide bonds. The molecule has 0 bridgehead atoms. The van der Waals surface area contributed by atoms with Crippen LogP contribution in [0, 0.1) is 0 Å². The van der Waals surface area contributed by atoms with Gasteiger partial charge in [0.25, 0.3) is 0 Å². The fourth-order valence-corrected chi connectivity index (χ4v) is 21.4. The summed E-state index contributed by atoms with van der Waals surface area (Å²) in [4.78, 5) is 0. The highest BCUT2D eigenvalue weighted by molar-refractivity contribution is 6.16. The van der Waals surface area contributed by atoms with Gasteiger partial charge in [-0.1, -0.05) is 401 Å². The Balaban J connectivity index is 0.000000145. The van der Waals surface area contributed by atoms with Gasteiger partial charge in [-0.2, -0.15) is 0 Å². The van der Waals surface area contributed by atoms with Gasteiger partial charge in [-0.3, -0.25) is 0 Å². The van der Waals surface area contributed by atoms with Crippen molar-refractivity contribution in [2.75, 3.05) is 0 Å². The monoisotopic (exact) mass is 1830 g/mol. The number of hydrogen-bond acceptors (Lipinski definition) is 0. The zero-order valence-electron chi connectivity index (χ0n) is 81.5. The summed E-state index contributed by atoms with van der Waals surface area (Å²) in [5.41, 5.74) is 40.0. The van der Waals surface area contributed by atoms with Crippen molar-refractivity contribution in [2.24, 2.45) is 0 Å². The SMILES string of the molecule is C=Cc1ccc(-c2ccc3c(c2)c2cc(-c4ccc(C=C)cc4)ccc2n3-c2ccc(C(c3ccc4c(c3)c3ccccc3n4CCCCCC)c3ccc4c(c3)c3ccccc3n4CCCCCC)cc2)cc1.C=Cc1ccc(-c2ccc3c(c2)c2cc(-c4ccc(C=C)cc4)ccc2n3/C=C/c2ccccc2)cc1.C=Cc1ccc(-c2ccc3c(c2)c2cc(-c4ccc(C=C)cc4)ccc2n3CC)cc1. The summed E-state index contributed by atoms with van der Waals surface area (Å²) in [7, 11) is 0. The number of unbranched alkanes of at least 4 members (excludes halogenated alkanes) is 6. The van der Waals surface area contributed by atoms with E-state index in [4.69, 9.17) is 0 Å². The van der Waals surface area contributed by atoms with Crippen LogP contribution in [0.1, 0.15) is 134 Å². The summed E-state index contributed by atoms with van der Waals surface area (Å²) in [5, 5.41) is 12.9. The molecule has 0 spiro atoms. The lowest BCUT2D eigenvalue weighted by Crippen LogP contribution is -2.05. The van der Waals surface area contributed by atoms with E-state index in [1.807, 2.05) is 42.5 Å². The molecule has 0 aliphatic heterocycles. The quantitative estimate of drug-likeness (QED) is 0.0330. The Morgan fingerprint density at radius 3 is 0.810 bits per heavy atom. The van der Waals surface area contributed by atoms with E-state index in [2.05, 4.69) is 484 Å². The van der Waals surface area contributed by atoms with E-state index in [9.17, 15) is 0 Å². The number of benzene rings is 18. The Morgan fingerprint density at radius 2 is 0.479 bits per heavy atom. The second-order valence-electron chi connectivity index (χ2n) is 37.6. The van der Waals surface area contributed by atoms with E-state index < -0.39 is 0 Å². The summed E-state index contributed by atoms with van der Waals surface area (Å²) in [6, 6.07) is 145. The number of para-hydroxylation sites is 2. The smallest absolute Gasteiger partial charge is 0.0541 e. The zero-order chi connectivity index (χ0) is 96.7. The maximum Gasteiger partial charge on any atom is 0.0541 e. The second-order valence-corrected chi connectivity index (χ2v) is 37.6. The van der Waals surface area contributed by atoms with Crippen LogP contribution >= 0.6 is 0 Å². The summed E-state index contributed by atoms with van der Waals surface area (Å²) in [6.45, 7) is 33.3. The van der Waals surface area contributed by atoms with Gasteiger partial charge in [0.15, 0.2) is 0 Å². The second kappa shape index (κ2) is 41.1. The van der Waals surface area contributed by atoms with Crippen molar-refractivity contribution in [3.05, 3.63) is 489 Å². The third-order valence-electron chi connectivity index (χ3n) is 29.1. The van der Waals surface area contributed by atoms with E-state index in [1.165, 1.54) is 249 Å². The van der Waals surface area contributed by atoms with Gasteiger partial charge in [0.1, 0.15) is 0 Å². The minimum absolute atomic E-state index is 0.000550. The summed E-state index contributed by atoms with van der Waals surface area (Å²) < 4.78 is 12.3. The van der Waals surface area contributed by atoms with Crippen molar-refractivity contribution in [3.63, 3.8) is 0 Å². The number of aryl methyl sites for hydroxylation is 3. The van der Waals surface area contributed by atoms with E-state index >= 15 is 0 Å². The van der Waals surface area contributed by atoms with Crippen molar-refractivity contribution in [1.82, 2.24) is 22.8 Å². The first-order valence-electron chi connectivity index (χ1n) is 50.4. The average Bonchev–Trinajstić information content (AvgIpc) is 1.58. The molecule has 0 fully saturated rings. The summed E-state index contributed by atoms with van der Waals surface area (Å²) in [5.74, 6) is -0.000550. The van der Waals surface area contributed by atoms with Crippen LogP contribution in [-0.4, -0.2) is 22.8 Å². The van der Waals surface area contributed by atoms with Gasteiger partial charge in [0, 0.05) is 124 Å². The lowest BCUT2D eigenvalue weighted by atomic mass is 9.84. The third-order valence-corrected chi connectivity index (χ3v) is 29.1. The van der Waals surface area contributed by atoms with Gasteiger partial charge in [0.2, 0.25) is 0 Å². The molecule has 5 aromatic heterocycles. The minimum atomic E-state index is -0.000550. The molecule has 0 saturated carbocycles. The van der Waals surface area contributed by atoms with Crippen LogP contribution in [0.4, 0.5) is 0 Å². The molecule has 23 rings (SSSR count). The highest BCUT2D eigenvalue weighted by Gasteiger charge is 2.25. The number of aromatic nitrogens is 5. The Morgan fingerprint density at radius 1 is 0.211 bits per heavy atom. The number of rotatable bonds is 29. The van der Waals surface area contributed by atoms with Crippen molar-refractivity contribution >= 4 is 158 Å². The molecule has 690 valence electrons. The highest BCUT2D eigenvalue weighted by atomic mass is 15.0. The standard InChI is InChI=1S/C71H65N3.C36H27N.C30H25N/c1-5-9-11-17-43-72-65-21-15-13-19-59(65)61-47-56(35-39-67(61)72)71(57-36-40-68-62(48-57)60-20-14-16-22-66(60)73(68)44-18-12-10-6-2)53-31-37-58(38-32-53)74-69-41-33-54(51-27-23-49(7-3)24-28-51)45-63(69)64-46-55(34-42-70(64)74)52-29-25-50(8-4)26-30-52;1-3-26-10-14-29(15-11-26)31-18-20-35-33(24-31)34-25-32(30-16-12-27(4-2)13-17-30)19-21-36(34)37(35)23-22-28-8-6-5-7-9-28;1-4-21-7-11-23(12-8-21)25-15-17-29-27(19-25)28-20-26(16-18-30(28)31(29)6-3)24-13-9-22(5-2)10-14-24/h7-8,13-16,19-42,45-48,71H,3-6,9-12,17-18,43-44H2,1-2H3;3-25H,1-2H2;4-5,7-20H,1-2,6H2,3H3/b;23-22+;. The van der Waals surface area contributed by atoms with Crippen molar-refractivity contribution in [1.29, 1.82) is 0 Å². The molecule has 0 radical (unpaired) electrons. The van der Waals surface area contributed by atoms with Gasteiger partial charge >= 0.3 is 0 Å². The maximum absolute atomic E-state index is 3.99. The van der Waals surface area contributed by atoms with Gasteiger partial charge in [-0.25, -0.2) is 0 Å². The van der Waals surface area contributed by atoms with E-state index in [-0.39, 0.29) is 5.92 Å². The van der Waals surface area contributed by atoms with Crippen LogP contribution in [0.15, 0.2) is 434 Å². The Hall–Kier alpha value is -16.9. The van der Waals surface area contributed by atoms with Crippen molar-refractivity contribution in [3.8, 4) is 72.4 Å². The van der Waals surface area contributed by atoms with E-state index in [0.29, 0.717) is 0 Å². The lowest BCUT2D eigenvalue weighted by molar-refractivity contribution is 0.602. The first-order chi connectivity index (χ1) is 70.0. The fourth-order valence-electron chi connectivity index (χ4n) is 21.4. The molecule has 0 atom stereocenters.